The summed E-state index contributed by atoms with van der Waals surface area (Å²) in [6, 6.07) is 6.26. The van der Waals surface area contributed by atoms with Crippen molar-refractivity contribution < 1.29 is 22.7 Å². The molecule has 0 bridgehead atoms. The van der Waals surface area contributed by atoms with Gasteiger partial charge >= 0.3 is 6.18 Å². The lowest BCUT2D eigenvalue weighted by Crippen LogP contribution is -2.61. The molecular formula is C39H45F3N6O2. The number of carbonyl (C=O) groups excluding carboxylic acids is 1. The van der Waals surface area contributed by atoms with Crippen molar-refractivity contribution in [3.05, 3.63) is 59.4 Å². The quantitative estimate of drug-likeness (QED) is 0.262. The molecule has 8 rings (SSSR count). The number of nitrogens with zero attached hydrogens (tertiary/aromatic N) is 5. The average Bonchev–Trinajstić information content (AvgIpc) is 3.94. The number of aryl methyl sites for hydroxylation is 1. The molecule has 11 heteroatoms. The number of likely N-dealkylation sites (tertiary alicyclic amines) is 2. The topological polar surface area (TPSA) is 73.8 Å². The van der Waals surface area contributed by atoms with E-state index in [0.29, 0.717) is 17.9 Å². The lowest BCUT2D eigenvalue weighted by atomic mass is 9.72. The van der Waals surface area contributed by atoms with Gasteiger partial charge in [0, 0.05) is 66.3 Å². The Morgan fingerprint density at radius 3 is 2.48 bits per heavy atom. The molecule has 1 saturated carbocycles. The molecule has 0 atom stereocenters. The molecule has 8 nitrogen and oxygen atoms in total. The molecule has 3 aromatic rings. The number of rotatable bonds is 7. The third-order valence-electron chi connectivity index (χ3n) is 11.5. The van der Waals surface area contributed by atoms with Crippen LogP contribution in [0.1, 0.15) is 72.9 Å². The number of amides is 1. The summed E-state index contributed by atoms with van der Waals surface area (Å²) in [5.74, 6) is 1.96. The molecule has 264 valence electrons. The zero-order chi connectivity index (χ0) is 34.8. The maximum Gasteiger partial charge on any atom is 0.422 e. The molecule has 4 aliphatic heterocycles. The maximum atomic E-state index is 14.1. The fourth-order valence-corrected chi connectivity index (χ4v) is 8.51. The van der Waals surface area contributed by atoms with Crippen LogP contribution in [-0.4, -0.2) is 91.3 Å². The van der Waals surface area contributed by atoms with Gasteiger partial charge in [0.05, 0.1) is 0 Å². The minimum atomic E-state index is -4.52. The Kier molecular flexibility index (Phi) is 8.32. The summed E-state index contributed by atoms with van der Waals surface area (Å²) >= 11 is 0. The second kappa shape index (κ2) is 12.6. The minimum Gasteiger partial charge on any atom is -0.481 e. The number of halogens is 3. The van der Waals surface area contributed by atoms with Crippen molar-refractivity contribution in [1.82, 2.24) is 19.8 Å². The van der Waals surface area contributed by atoms with Gasteiger partial charge in [-0.2, -0.15) is 13.2 Å². The third kappa shape index (κ3) is 6.11. The molecule has 50 heavy (non-hydrogen) atoms. The van der Waals surface area contributed by atoms with Crippen molar-refractivity contribution in [2.24, 2.45) is 5.41 Å². The van der Waals surface area contributed by atoms with E-state index in [0.717, 1.165) is 123 Å². The Hall–Kier alpha value is -4.12. The smallest absolute Gasteiger partial charge is 0.422 e. The summed E-state index contributed by atoms with van der Waals surface area (Å²) < 4.78 is 48.2. The number of nitrogens with one attached hydrogen (secondary N) is 1. The molecule has 1 amide bonds. The van der Waals surface area contributed by atoms with Crippen molar-refractivity contribution in [3.63, 3.8) is 0 Å². The zero-order valence-corrected chi connectivity index (χ0v) is 28.9. The van der Waals surface area contributed by atoms with Crippen molar-refractivity contribution in [2.75, 3.05) is 69.7 Å². The number of anilines is 2. The van der Waals surface area contributed by atoms with Crippen LogP contribution in [0.25, 0.3) is 28.1 Å². The Bertz CT molecular complexity index is 1860. The summed E-state index contributed by atoms with van der Waals surface area (Å²) in [6.07, 6.45) is 6.49. The summed E-state index contributed by atoms with van der Waals surface area (Å²) in [6.45, 7) is 9.72. The van der Waals surface area contributed by atoms with E-state index in [-0.39, 0.29) is 28.9 Å². The van der Waals surface area contributed by atoms with Gasteiger partial charge in [-0.25, -0.2) is 9.97 Å². The Morgan fingerprint density at radius 2 is 1.80 bits per heavy atom. The number of aromatic nitrogens is 2. The summed E-state index contributed by atoms with van der Waals surface area (Å²) in [5.41, 5.74) is 6.07. The highest BCUT2D eigenvalue weighted by Crippen LogP contribution is 2.54. The zero-order valence-electron chi connectivity index (χ0n) is 28.9. The molecule has 2 aromatic carbocycles. The first kappa shape index (κ1) is 33.0. The molecule has 4 fully saturated rings. The van der Waals surface area contributed by atoms with E-state index in [1.165, 1.54) is 6.08 Å². The maximum absolute atomic E-state index is 14.1. The number of hydrogen-bond donors (Lipinski definition) is 1. The van der Waals surface area contributed by atoms with E-state index >= 15 is 0 Å². The van der Waals surface area contributed by atoms with Crippen LogP contribution in [0.2, 0.25) is 0 Å². The predicted molar refractivity (Wildman–Crippen MR) is 191 cm³/mol. The second-order valence-corrected chi connectivity index (χ2v) is 15.1. The first-order valence-electron chi connectivity index (χ1n) is 18.0. The van der Waals surface area contributed by atoms with Gasteiger partial charge in [0.15, 0.2) is 12.4 Å². The minimum absolute atomic E-state index is 0.0291. The molecule has 1 spiro atoms. The monoisotopic (exact) mass is 686 g/mol. The van der Waals surface area contributed by atoms with Gasteiger partial charge in [-0.15, -0.1) is 0 Å². The van der Waals surface area contributed by atoms with Crippen LogP contribution in [-0.2, 0) is 4.79 Å². The molecule has 3 saturated heterocycles. The SMILES string of the molecule is C=CC(=O)N1CC2(CCN(c3nc(C4CCN(C)CC4)nc4c(OCC(F)(F)F)c(-c5c(C)ccc6c5C=CCN6)c(C5CC5)cc34)CC2)C1. The largest absolute Gasteiger partial charge is 0.481 e. The van der Waals surface area contributed by atoms with Crippen LogP contribution >= 0.6 is 0 Å². The van der Waals surface area contributed by atoms with Gasteiger partial charge in [-0.3, -0.25) is 4.79 Å². The van der Waals surface area contributed by atoms with Gasteiger partial charge < -0.3 is 24.8 Å². The lowest BCUT2D eigenvalue weighted by Gasteiger charge is -2.54. The van der Waals surface area contributed by atoms with Crippen molar-refractivity contribution >= 4 is 34.4 Å². The number of fused-ring (bicyclic) bond motifs is 2. The Morgan fingerprint density at radius 1 is 1.06 bits per heavy atom. The number of alkyl halides is 3. The number of carbonyl (C=O) groups is 1. The van der Waals surface area contributed by atoms with Crippen LogP contribution in [0, 0.1) is 12.3 Å². The third-order valence-corrected chi connectivity index (χ3v) is 11.5. The molecule has 5 aliphatic rings. The van der Waals surface area contributed by atoms with E-state index in [1.807, 2.05) is 24.0 Å². The number of hydrogen-bond acceptors (Lipinski definition) is 7. The molecule has 1 N–H and O–H groups in total. The van der Waals surface area contributed by atoms with E-state index in [1.54, 1.807) is 0 Å². The van der Waals surface area contributed by atoms with Crippen LogP contribution in [0.3, 0.4) is 0 Å². The highest BCUT2D eigenvalue weighted by atomic mass is 19.4. The van der Waals surface area contributed by atoms with Gasteiger partial charge in [-0.1, -0.05) is 24.8 Å². The van der Waals surface area contributed by atoms with E-state index in [4.69, 9.17) is 14.7 Å². The van der Waals surface area contributed by atoms with Crippen molar-refractivity contribution in [2.45, 2.75) is 63.5 Å². The lowest BCUT2D eigenvalue weighted by molar-refractivity contribution is -0.153. The average molecular weight is 687 g/mol. The van der Waals surface area contributed by atoms with Crippen LogP contribution < -0.4 is 15.0 Å². The summed E-state index contributed by atoms with van der Waals surface area (Å²) in [4.78, 5) is 29.2. The van der Waals surface area contributed by atoms with Gasteiger partial charge in [0.2, 0.25) is 5.91 Å². The van der Waals surface area contributed by atoms with Gasteiger partial charge in [-0.05, 0) is 106 Å². The first-order chi connectivity index (χ1) is 24.0. The van der Waals surface area contributed by atoms with Crippen molar-refractivity contribution in [3.8, 4) is 16.9 Å². The fraction of sp³-hybridized carbons (Fsp3) is 0.513. The van der Waals surface area contributed by atoms with Gasteiger partial charge in [0.25, 0.3) is 0 Å². The van der Waals surface area contributed by atoms with Crippen molar-refractivity contribution in [1.29, 1.82) is 0 Å². The highest BCUT2D eigenvalue weighted by molar-refractivity contribution is 6.02. The molecule has 5 heterocycles. The number of benzene rings is 2. The van der Waals surface area contributed by atoms with Crippen LogP contribution in [0.15, 0.2) is 36.9 Å². The highest BCUT2D eigenvalue weighted by Gasteiger charge is 2.47. The fourth-order valence-electron chi connectivity index (χ4n) is 8.51. The predicted octanol–water partition coefficient (Wildman–Crippen LogP) is 7.29. The molecule has 1 aliphatic carbocycles. The van der Waals surface area contributed by atoms with Gasteiger partial charge in [0.1, 0.15) is 17.2 Å². The number of ether oxygens (including phenoxy) is 1. The Labute approximate surface area is 291 Å². The molecular weight excluding hydrogens is 641 g/mol. The summed E-state index contributed by atoms with van der Waals surface area (Å²) in [5, 5.41) is 4.20. The van der Waals surface area contributed by atoms with E-state index < -0.39 is 12.8 Å². The molecule has 0 unspecified atom stereocenters. The molecule has 1 aromatic heterocycles. The van der Waals surface area contributed by atoms with Crippen LogP contribution in [0.4, 0.5) is 24.7 Å². The van der Waals surface area contributed by atoms with E-state index in [9.17, 15) is 18.0 Å². The second-order valence-electron chi connectivity index (χ2n) is 15.1. The van der Waals surface area contributed by atoms with Crippen LogP contribution in [0.5, 0.6) is 5.75 Å². The van der Waals surface area contributed by atoms with E-state index in [2.05, 4.69) is 47.0 Å². The number of piperidine rings is 2. The normalized spacial score (nSPS) is 20.8. The Balaban J connectivity index is 1.31. The summed E-state index contributed by atoms with van der Waals surface area (Å²) in [7, 11) is 2.11. The molecule has 0 radical (unpaired) electrons. The standard InChI is InChI=1S/C39H45F3N6O2/c1-4-31(49)48-21-38(22-48)13-18-47(19-14-38)37-29-20-28(25-8-9-25)33(32-24(2)7-10-30-27(32)6-5-15-43-30)35(50-23-39(40,41)42)34(29)44-36(45-37)26-11-16-46(3)17-12-26/h4-7,10,20,25-26,43H,1,8-9,11-19,21-23H2,2-3H3. The first-order valence-corrected chi connectivity index (χ1v) is 18.0.